The maximum Gasteiger partial charge on any atom is 0.251 e. The van der Waals surface area contributed by atoms with Crippen LogP contribution in [0.4, 0.5) is 0 Å². The van der Waals surface area contributed by atoms with Gasteiger partial charge in [-0.05, 0) is 55.7 Å². The standard InChI is InChI=1S/C15H20N2OS.C2H6/c1-15(4-3-5-15)17-8-10-6-11-12(9-16-14(11)18)13(7-10)19-2;1-2/h6-7,17H,3-5,8-9H2,1-2H3,(H,16,18);1-2H3. The summed E-state index contributed by atoms with van der Waals surface area (Å²) in [4.78, 5) is 13.0. The van der Waals surface area contributed by atoms with Crippen LogP contribution in [0.3, 0.4) is 0 Å². The normalized spacial score (nSPS) is 18.2. The molecule has 116 valence electrons. The van der Waals surface area contributed by atoms with Gasteiger partial charge in [0.2, 0.25) is 0 Å². The number of benzene rings is 1. The van der Waals surface area contributed by atoms with Crippen molar-refractivity contribution in [2.75, 3.05) is 6.26 Å². The van der Waals surface area contributed by atoms with Crippen molar-refractivity contribution < 1.29 is 4.79 Å². The van der Waals surface area contributed by atoms with E-state index in [1.54, 1.807) is 11.8 Å². The first-order chi connectivity index (χ1) is 10.1. The van der Waals surface area contributed by atoms with Gasteiger partial charge in [0, 0.05) is 29.1 Å². The zero-order valence-corrected chi connectivity index (χ0v) is 14.3. The number of carbonyl (C=O) groups excluding carboxylic acids is 1. The summed E-state index contributed by atoms with van der Waals surface area (Å²) in [6, 6.07) is 4.27. The summed E-state index contributed by atoms with van der Waals surface area (Å²) in [7, 11) is 0. The summed E-state index contributed by atoms with van der Waals surface area (Å²) in [5.74, 6) is 0.0713. The minimum atomic E-state index is 0.0713. The molecule has 1 amide bonds. The van der Waals surface area contributed by atoms with Crippen molar-refractivity contribution in [2.45, 2.75) is 63.6 Å². The minimum Gasteiger partial charge on any atom is -0.348 e. The monoisotopic (exact) mass is 306 g/mol. The fraction of sp³-hybridized carbons (Fsp3) is 0.588. The molecule has 0 radical (unpaired) electrons. The number of rotatable bonds is 4. The Hall–Kier alpha value is -1.00. The van der Waals surface area contributed by atoms with Crippen molar-refractivity contribution in [3.05, 3.63) is 28.8 Å². The smallest absolute Gasteiger partial charge is 0.251 e. The quantitative estimate of drug-likeness (QED) is 0.833. The summed E-state index contributed by atoms with van der Waals surface area (Å²) >= 11 is 1.72. The van der Waals surface area contributed by atoms with Crippen molar-refractivity contribution in [1.82, 2.24) is 10.6 Å². The minimum absolute atomic E-state index is 0.0713. The third kappa shape index (κ3) is 3.43. The lowest BCUT2D eigenvalue weighted by molar-refractivity contribution is 0.0965. The SMILES string of the molecule is CC.CSc1cc(CNC2(C)CCC2)cc2c1CNC2=O. The summed E-state index contributed by atoms with van der Waals surface area (Å²) in [5, 5.41) is 6.54. The number of amides is 1. The molecular weight excluding hydrogens is 280 g/mol. The maximum absolute atomic E-state index is 11.8. The first-order valence-electron chi connectivity index (χ1n) is 7.84. The highest BCUT2D eigenvalue weighted by molar-refractivity contribution is 7.98. The van der Waals surface area contributed by atoms with Gasteiger partial charge in [-0.15, -0.1) is 11.8 Å². The third-order valence-corrected chi connectivity index (χ3v) is 5.14. The highest BCUT2D eigenvalue weighted by Gasteiger charge is 2.31. The summed E-state index contributed by atoms with van der Waals surface area (Å²) in [6.45, 7) is 7.81. The van der Waals surface area contributed by atoms with Gasteiger partial charge in [0.05, 0.1) is 0 Å². The number of fused-ring (bicyclic) bond motifs is 1. The molecule has 1 aromatic rings. The molecule has 0 atom stereocenters. The molecule has 2 N–H and O–H groups in total. The summed E-state index contributed by atoms with van der Waals surface area (Å²) < 4.78 is 0. The Morgan fingerprint density at radius 1 is 1.33 bits per heavy atom. The number of nitrogens with one attached hydrogen (secondary N) is 2. The van der Waals surface area contributed by atoms with Gasteiger partial charge in [-0.2, -0.15) is 0 Å². The highest BCUT2D eigenvalue weighted by Crippen LogP contribution is 2.32. The predicted molar refractivity (Wildman–Crippen MR) is 89.8 cm³/mol. The number of carbonyl (C=O) groups is 1. The van der Waals surface area contributed by atoms with Crippen LogP contribution in [0.25, 0.3) is 0 Å². The first kappa shape index (κ1) is 16.4. The van der Waals surface area contributed by atoms with Gasteiger partial charge in [-0.3, -0.25) is 4.79 Å². The summed E-state index contributed by atoms with van der Waals surface area (Å²) in [5.41, 5.74) is 3.55. The lowest BCUT2D eigenvalue weighted by Gasteiger charge is -2.39. The number of thioether (sulfide) groups is 1. The summed E-state index contributed by atoms with van der Waals surface area (Å²) in [6.07, 6.45) is 5.91. The molecule has 21 heavy (non-hydrogen) atoms. The van der Waals surface area contributed by atoms with Crippen molar-refractivity contribution in [2.24, 2.45) is 0 Å². The molecule has 3 nitrogen and oxygen atoms in total. The predicted octanol–water partition coefficient (Wildman–Crippen LogP) is 3.71. The van der Waals surface area contributed by atoms with Crippen LogP contribution in [0, 0.1) is 0 Å². The molecule has 0 bridgehead atoms. The van der Waals surface area contributed by atoms with Gasteiger partial charge < -0.3 is 10.6 Å². The Labute approximate surface area is 132 Å². The molecule has 0 spiro atoms. The average molecular weight is 306 g/mol. The van der Waals surface area contributed by atoms with Crippen LogP contribution in [0.5, 0.6) is 0 Å². The molecule has 0 saturated heterocycles. The molecule has 1 fully saturated rings. The molecule has 1 aromatic carbocycles. The number of hydrogen-bond acceptors (Lipinski definition) is 3. The molecule has 1 aliphatic carbocycles. The van der Waals surface area contributed by atoms with E-state index in [-0.39, 0.29) is 5.91 Å². The maximum atomic E-state index is 11.8. The van der Waals surface area contributed by atoms with Crippen molar-refractivity contribution in [1.29, 1.82) is 0 Å². The van der Waals surface area contributed by atoms with Crippen LogP contribution in [0.15, 0.2) is 17.0 Å². The van der Waals surface area contributed by atoms with E-state index in [0.717, 1.165) is 17.7 Å². The van der Waals surface area contributed by atoms with E-state index in [1.165, 1.54) is 29.7 Å². The van der Waals surface area contributed by atoms with Crippen LogP contribution >= 0.6 is 11.8 Å². The van der Waals surface area contributed by atoms with E-state index in [0.29, 0.717) is 12.1 Å². The molecule has 2 aliphatic rings. The Morgan fingerprint density at radius 2 is 2.05 bits per heavy atom. The Bertz CT molecular complexity index is 524. The van der Waals surface area contributed by atoms with Crippen LogP contribution < -0.4 is 10.6 Å². The second kappa shape index (κ2) is 6.84. The van der Waals surface area contributed by atoms with Gasteiger partial charge in [-0.1, -0.05) is 13.8 Å². The van der Waals surface area contributed by atoms with Crippen LogP contribution in [-0.2, 0) is 13.1 Å². The zero-order valence-electron chi connectivity index (χ0n) is 13.5. The van der Waals surface area contributed by atoms with Gasteiger partial charge in [0.15, 0.2) is 0 Å². The third-order valence-electron chi connectivity index (χ3n) is 4.34. The van der Waals surface area contributed by atoms with Gasteiger partial charge in [-0.25, -0.2) is 0 Å². The highest BCUT2D eigenvalue weighted by atomic mass is 32.2. The molecule has 1 saturated carbocycles. The largest absolute Gasteiger partial charge is 0.348 e. The zero-order chi connectivity index (χ0) is 15.5. The molecule has 4 heteroatoms. The molecule has 1 heterocycles. The second-order valence-corrected chi connectivity index (χ2v) is 6.62. The molecule has 0 aromatic heterocycles. The fourth-order valence-corrected chi connectivity index (χ4v) is 3.53. The Balaban J connectivity index is 0.000000774. The Morgan fingerprint density at radius 3 is 2.62 bits per heavy atom. The Kier molecular flexibility index (Phi) is 5.33. The fourth-order valence-electron chi connectivity index (χ4n) is 2.83. The lowest BCUT2D eigenvalue weighted by Crippen LogP contribution is -2.47. The number of hydrogen-bond donors (Lipinski definition) is 2. The van der Waals surface area contributed by atoms with E-state index >= 15 is 0 Å². The first-order valence-corrected chi connectivity index (χ1v) is 9.07. The lowest BCUT2D eigenvalue weighted by atomic mass is 9.78. The van der Waals surface area contributed by atoms with E-state index in [2.05, 4.69) is 29.9 Å². The van der Waals surface area contributed by atoms with E-state index in [1.807, 2.05) is 19.9 Å². The van der Waals surface area contributed by atoms with Crippen molar-refractivity contribution >= 4 is 17.7 Å². The van der Waals surface area contributed by atoms with E-state index in [9.17, 15) is 4.79 Å². The molecule has 1 aliphatic heterocycles. The topological polar surface area (TPSA) is 41.1 Å². The van der Waals surface area contributed by atoms with Gasteiger partial charge in [0.1, 0.15) is 0 Å². The van der Waals surface area contributed by atoms with Crippen LogP contribution in [0.2, 0.25) is 0 Å². The van der Waals surface area contributed by atoms with Gasteiger partial charge in [0.25, 0.3) is 5.91 Å². The van der Waals surface area contributed by atoms with Gasteiger partial charge >= 0.3 is 0 Å². The van der Waals surface area contributed by atoms with Crippen molar-refractivity contribution in [3.63, 3.8) is 0 Å². The van der Waals surface area contributed by atoms with Crippen LogP contribution in [-0.4, -0.2) is 17.7 Å². The van der Waals surface area contributed by atoms with Crippen LogP contribution in [0.1, 0.15) is 61.5 Å². The van der Waals surface area contributed by atoms with E-state index < -0.39 is 0 Å². The molecule has 3 rings (SSSR count). The van der Waals surface area contributed by atoms with E-state index in [4.69, 9.17) is 0 Å². The van der Waals surface area contributed by atoms with Crippen molar-refractivity contribution in [3.8, 4) is 0 Å². The molecular formula is C17H26N2OS. The average Bonchev–Trinajstić information content (AvgIpc) is 2.86. The molecule has 0 unspecified atom stereocenters. The second-order valence-electron chi connectivity index (χ2n) is 5.77.